The fraction of sp³-hybridized carbons (Fsp3) is 0.333. The van der Waals surface area contributed by atoms with E-state index in [-0.39, 0.29) is 23.7 Å². The van der Waals surface area contributed by atoms with Crippen molar-refractivity contribution in [3.05, 3.63) is 23.8 Å². The van der Waals surface area contributed by atoms with Gasteiger partial charge in [0.1, 0.15) is 11.5 Å². The third kappa shape index (κ3) is 4.13. The molecule has 2 N–H and O–H groups in total. The Bertz CT molecular complexity index is 477. The summed E-state index contributed by atoms with van der Waals surface area (Å²) in [6.45, 7) is 1.58. The Balaban J connectivity index is 2.91. The zero-order valence-corrected chi connectivity index (χ0v) is 10.5. The molecule has 1 unspecified atom stereocenters. The number of benzene rings is 1. The standard InChI is InChI=1S/C12H14FNO5/c1-3-18-12(16)10(13)19-9-5-7(11(14)15)4-8(6-9)17-2/h4-6,10H,3H2,1-2H3,(H2,14,15). The van der Waals surface area contributed by atoms with Crippen LogP contribution in [0.5, 0.6) is 11.5 Å². The first kappa shape index (κ1) is 14.7. The number of hydrogen-bond acceptors (Lipinski definition) is 5. The Morgan fingerprint density at radius 3 is 2.47 bits per heavy atom. The summed E-state index contributed by atoms with van der Waals surface area (Å²) < 4.78 is 27.5. The monoisotopic (exact) mass is 271 g/mol. The number of hydrogen-bond donors (Lipinski definition) is 1. The first-order chi connectivity index (χ1) is 8.97. The van der Waals surface area contributed by atoms with Gasteiger partial charge in [0.05, 0.1) is 13.7 Å². The lowest BCUT2D eigenvalue weighted by atomic mass is 10.2. The van der Waals surface area contributed by atoms with E-state index >= 15 is 0 Å². The molecule has 0 heterocycles. The summed E-state index contributed by atoms with van der Waals surface area (Å²) in [7, 11) is 1.36. The number of esters is 1. The first-order valence-corrected chi connectivity index (χ1v) is 5.44. The lowest BCUT2D eigenvalue weighted by Crippen LogP contribution is -2.25. The van der Waals surface area contributed by atoms with Crippen molar-refractivity contribution < 1.29 is 28.2 Å². The molecular weight excluding hydrogens is 257 g/mol. The van der Waals surface area contributed by atoms with E-state index in [1.807, 2.05) is 0 Å². The fourth-order valence-corrected chi connectivity index (χ4v) is 1.28. The van der Waals surface area contributed by atoms with E-state index in [9.17, 15) is 14.0 Å². The Morgan fingerprint density at radius 1 is 1.32 bits per heavy atom. The number of primary amides is 1. The van der Waals surface area contributed by atoms with Gasteiger partial charge in [-0.25, -0.2) is 4.79 Å². The minimum Gasteiger partial charge on any atom is -0.497 e. The van der Waals surface area contributed by atoms with Crippen molar-refractivity contribution in [3.63, 3.8) is 0 Å². The Morgan fingerprint density at radius 2 is 1.95 bits per heavy atom. The van der Waals surface area contributed by atoms with Crippen molar-refractivity contribution in [1.29, 1.82) is 0 Å². The van der Waals surface area contributed by atoms with Crippen molar-refractivity contribution in [2.75, 3.05) is 13.7 Å². The SMILES string of the molecule is CCOC(=O)C(F)Oc1cc(OC)cc(C(N)=O)c1. The van der Waals surface area contributed by atoms with Crippen LogP contribution in [0.2, 0.25) is 0 Å². The van der Waals surface area contributed by atoms with Crippen LogP contribution in [0.4, 0.5) is 4.39 Å². The van der Waals surface area contributed by atoms with Gasteiger partial charge in [0.15, 0.2) is 0 Å². The van der Waals surface area contributed by atoms with Gasteiger partial charge in [-0.05, 0) is 19.1 Å². The zero-order valence-electron chi connectivity index (χ0n) is 10.5. The van der Waals surface area contributed by atoms with Crippen LogP contribution in [0, 0.1) is 0 Å². The van der Waals surface area contributed by atoms with Gasteiger partial charge in [-0.15, -0.1) is 0 Å². The number of nitrogens with two attached hydrogens (primary N) is 1. The van der Waals surface area contributed by atoms with E-state index in [1.165, 1.54) is 25.3 Å². The summed E-state index contributed by atoms with van der Waals surface area (Å²) in [5, 5.41) is 0. The summed E-state index contributed by atoms with van der Waals surface area (Å²) >= 11 is 0. The third-order valence-corrected chi connectivity index (χ3v) is 2.11. The first-order valence-electron chi connectivity index (χ1n) is 5.44. The number of carbonyl (C=O) groups excluding carboxylic acids is 2. The van der Waals surface area contributed by atoms with Gasteiger partial charge in [-0.1, -0.05) is 0 Å². The topological polar surface area (TPSA) is 87.8 Å². The predicted octanol–water partition coefficient (Wildman–Crippen LogP) is 1.03. The quantitative estimate of drug-likeness (QED) is 0.781. The van der Waals surface area contributed by atoms with Crippen LogP contribution in [0.25, 0.3) is 0 Å². The molecule has 7 heteroatoms. The summed E-state index contributed by atoms with van der Waals surface area (Å²) in [6, 6.07) is 3.89. The molecule has 0 saturated heterocycles. The maximum Gasteiger partial charge on any atom is 0.381 e. The van der Waals surface area contributed by atoms with E-state index in [0.717, 1.165) is 0 Å². The summed E-state index contributed by atoms with van der Waals surface area (Å²) in [5.41, 5.74) is 5.18. The zero-order chi connectivity index (χ0) is 14.4. The van der Waals surface area contributed by atoms with E-state index in [1.54, 1.807) is 6.92 Å². The van der Waals surface area contributed by atoms with Gasteiger partial charge >= 0.3 is 12.3 Å². The van der Waals surface area contributed by atoms with Gasteiger partial charge in [0.2, 0.25) is 5.91 Å². The number of ether oxygens (including phenoxy) is 3. The molecule has 0 aliphatic rings. The number of methoxy groups -OCH3 is 1. The van der Waals surface area contributed by atoms with Crippen LogP contribution in [-0.2, 0) is 9.53 Å². The fourth-order valence-electron chi connectivity index (χ4n) is 1.28. The van der Waals surface area contributed by atoms with Gasteiger partial charge in [-0.3, -0.25) is 4.79 Å². The van der Waals surface area contributed by atoms with Crippen molar-refractivity contribution in [2.24, 2.45) is 5.73 Å². The number of rotatable bonds is 6. The second-order valence-electron chi connectivity index (χ2n) is 3.45. The van der Waals surface area contributed by atoms with Crippen molar-refractivity contribution in [3.8, 4) is 11.5 Å². The van der Waals surface area contributed by atoms with Gasteiger partial charge < -0.3 is 19.9 Å². The highest BCUT2D eigenvalue weighted by atomic mass is 19.1. The molecule has 0 bridgehead atoms. The average Bonchev–Trinajstić information content (AvgIpc) is 2.38. The van der Waals surface area contributed by atoms with Crippen molar-refractivity contribution >= 4 is 11.9 Å². The van der Waals surface area contributed by atoms with E-state index in [0.29, 0.717) is 0 Å². The van der Waals surface area contributed by atoms with Crippen LogP contribution in [0.1, 0.15) is 17.3 Å². The minimum absolute atomic E-state index is 0.0350. The highest BCUT2D eigenvalue weighted by Crippen LogP contribution is 2.23. The van der Waals surface area contributed by atoms with Crippen LogP contribution in [0.3, 0.4) is 0 Å². The number of carbonyl (C=O) groups is 2. The number of halogens is 1. The molecule has 0 radical (unpaired) electrons. The maximum atomic E-state index is 13.4. The highest BCUT2D eigenvalue weighted by molar-refractivity contribution is 5.93. The predicted molar refractivity (Wildman–Crippen MR) is 63.7 cm³/mol. The van der Waals surface area contributed by atoms with Crippen LogP contribution < -0.4 is 15.2 Å². The van der Waals surface area contributed by atoms with Crippen molar-refractivity contribution in [1.82, 2.24) is 0 Å². The molecule has 1 aromatic carbocycles. The van der Waals surface area contributed by atoms with Gasteiger partial charge in [0, 0.05) is 11.6 Å². The summed E-state index contributed by atoms with van der Waals surface area (Å²) in [6.07, 6.45) is -2.28. The van der Waals surface area contributed by atoms with Gasteiger partial charge in [-0.2, -0.15) is 4.39 Å². The van der Waals surface area contributed by atoms with Crippen LogP contribution >= 0.6 is 0 Å². The lowest BCUT2D eigenvalue weighted by molar-refractivity contribution is -0.159. The molecule has 1 amide bonds. The minimum atomic E-state index is -2.28. The van der Waals surface area contributed by atoms with E-state index in [2.05, 4.69) is 4.74 Å². The molecule has 0 saturated carbocycles. The third-order valence-electron chi connectivity index (χ3n) is 2.11. The molecular formula is C12H14FNO5. The highest BCUT2D eigenvalue weighted by Gasteiger charge is 2.21. The molecule has 0 aliphatic carbocycles. The molecule has 1 atom stereocenters. The normalized spacial score (nSPS) is 11.5. The second kappa shape index (κ2) is 6.58. The average molecular weight is 271 g/mol. The molecule has 19 heavy (non-hydrogen) atoms. The molecule has 0 aliphatic heterocycles. The van der Waals surface area contributed by atoms with Crippen LogP contribution in [0.15, 0.2) is 18.2 Å². The van der Waals surface area contributed by atoms with Crippen LogP contribution in [-0.4, -0.2) is 32.0 Å². The van der Waals surface area contributed by atoms with E-state index < -0.39 is 18.2 Å². The molecule has 0 fully saturated rings. The molecule has 1 rings (SSSR count). The molecule has 1 aromatic rings. The Labute approximate surface area is 109 Å². The smallest absolute Gasteiger partial charge is 0.381 e. The summed E-state index contributed by atoms with van der Waals surface area (Å²) in [5.74, 6) is -1.68. The lowest BCUT2D eigenvalue weighted by Gasteiger charge is -2.12. The number of alkyl halides is 1. The molecule has 6 nitrogen and oxygen atoms in total. The van der Waals surface area contributed by atoms with E-state index in [4.69, 9.17) is 15.2 Å². The summed E-state index contributed by atoms with van der Waals surface area (Å²) in [4.78, 5) is 22.1. The molecule has 0 aromatic heterocycles. The largest absolute Gasteiger partial charge is 0.497 e. The maximum absolute atomic E-state index is 13.4. The second-order valence-corrected chi connectivity index (χ2v) is 3.45. The molecule has 0 spiro atoms. The molecule has 104 valence electrons. The number of amides is 1. The van der Waals surface area contributed by atoms with Crippen molar-refractivity contribution in [2.45, 2.75) is 13.3 Å². The Hall–Kier alpha value is -2.31. The Kier molecular flexibility index (Phi) is 5.11. The van der Waals surface area contributed by atoms with Gasteiger partial charge in [0.25, 0.3) is 0 Å².